The van der Waals surface area contributed by atoms with Crippen LogP contribution in [0.25, 0.3) is 0 Å². The highest BCUT2D eigenvalue weighted by molar-refractivity contribution is 6.21. The van der Waals surface area contributed by atoms with Gasteiger partial charge in [-0.25, -0.2) is 24.0 Å². The van der Waals surface area contributed by atoms with Crippen molar-refractivity contribution in [2.45, 2.75) is 98.3 Å². The lowest BCUT2D eigenvalue weighted by molar-refractivity contribution is -0.198. The molecule has 0 unspecified atom stereocenters. The number of hydrogen-bond donors (Lipinski definition) is 5. The van der Waals surface area contributed by atoms with E-state index in [1.165, 1.54) is 0 Å². The molecule has 0 aromatic carbocycles. The molecule has 17 amide bonds. The van der Waals surface area contributed by atoms with Gasteiger partial charge >= 0.3 is 54.0 Å². The van der Waals surface area contributed by atoms with Crippen LogP contribution in [0.4, 0.5) is 9.59 Å². The minimum absolute atomic E-state index is 0. The van der Waals surface area contributed by atoms with E-state index in [0.29, 0.717) is 15.0 Å². The number of ether oxygens (including phenoxy) is 2. The van der Waals surface area contributed by atoms with Crippen LogP contribution in [0.2, 0.25) is 0 Å². The maximum atomic E-state index is 11.4. The number of amides is 17. The molecule has 9 heterocycles. The normalized spacial score (nSPS) is 16.6. The number of hydroxylamine groups is 8. The summed E-state index contributed by atoms with van der Waals surface area (Å²) in [5, 5.41) is 25.3. The number of nitrogens with two attached hydrogens (primary N) is 2. The van der Waals surface area contributed by atoms with Crippen molar-refractivity contribution in [1.82, 2.24) is 39.9 Å². The first-order valence-corrected chi connectivity index (χ1v) is 27.6. The summed E-state index contributed by atoms with van der Waals surface area (Å²) in [6, 6.07) is 0. The molecular formula is C56H64N10O34. The molecule has 0 aromatic rings. The molecule has 7 N–H and O–H groups in total. The zero-order valence-electron chi connectivity index (χ0n) is 50.7. The summed E-state index contributed by atoms with van der Waals surface area (Å²) in [4.78, 5) is 292. The van der Waals surface area contributed by atoms with Crippen LogP contribution < -0.4 is 11.5 Å². The van der Waals surface area contributed by atoms with Crippen molar-refractivity contribution in [2.75, 3.05) is 39.8 Å². The van der Waals surface area contributed by atoms with Crippen LogP contribution in [-0.4, -0.2) is 244 Å². The lowest BCUT2D eigenvalue weighted by Gasteiger charge is -2.15. The van der Waals surface area contributed by atoms with E-state index in [1.807, 2.05) is 0 Å². The Labute approximate surface area is 561 Å². The van der Waals surface area contributed by atoms with Crippen LogP contribution in [0, 0.1) is 0 Å². The van der Waals surface area contributed by atoms with Gasteiger partial charge in [-0.2, -0.15) is 9.69 Å². The highest BCUT2D eigenvalue weighted by Crippen LogP contribution is 2.18. The highest BCUT2D eigenvalue weighted by atomic mass is 16.9. The molecule has 100 heavy (non-hydrogen) atoms. The van der Waals surface area contributed by atoms with Crippen molar-refractivity contribution < 1.29 is 164 Å². The average molecular weight is 1420 g/mol. The zero-order chi connectivity index (χ0) is 74.1. The molecule has 0 saturated carbocycles. The molecule has 542 valence electrons. The first-order valence-electron chi connectivity index (χ1n) is 27.6. The van der Waals surface area contributed by atoms with Crippen LogP contribution >= 0.6 is 0 Å². The monoisotopic (exact) mass is 1420 g/mol. The van der Waals surface area contributed by atoms with Crippen LogP contribution in [0.1, 0.15) is 98.3 Å². The second kappa shape index (κ2) is 43.1. The maximum absolute atomic E-state index is 11.4. The smallest absolute Gasteiger partial charge is 0.481 e. The number of cyclic esters (lactones) is 2. The van der Waals surface area contributed by atoms with Gasteiger partial charge in [-0.05, 0) is 0 Å². The number of carbonyl (C=O) groups excluding carboxylic acids is 22. The molecule has 0 aliphatic carbocycles. The van der Waals surface area contributed by atoms with Gasteiger partial charge in [0.1, 0.15) is 0 Å². The largest absolute Gasteiger partial charge is 0.560 e. The number of imide groups is 10. The van der Waals surface area contributed by atoms with Gasteiger partial charge in [0, 0.05) is 145 Å². The van der Waals surface area contributed by atoms with Gasteiger partial charge in [-0.3, -0.25) is 115 Å². The molecular weight excluding hydrogens is 1360 g/mol. The summed E-state index contributed by atoms with van der Waals surface area (Å²) in [7, 11) is 1.10. The number of carboxylic acid groups (broad SMARTS) is 3. The molecule has 44 nitrogen and oxygen atoms in total. The van der Waals surface area contributed by atoms with Crippen molar-refractivity contribution in [3.05, 3.63) is 60.8 Å². The summed E-state index contributed by atoms with van der Waals surface area (Å²) in [5.74, 6) is -14.8. The Morgan fingerprint density at radius 2 is 0.590 bits per heavy atom. The fourth-order valence-corrected chi connectivity index (χ4v) is 6.88. The van der Waals surface area contributed by atoms with E-state index in [0.717, 1.165) is 82.6 Å². The van der Waals surface area contributed by atoms with E-state index in [4.69, 9.17) is 26.8 Å². The second-order valence-corrected chi connectivity index (χ2v) is 18.6. The van der Waals surface area contributed by atoms with Crippen LogP contribution in [0.15, 0.2) is 60.8 Å². The van der Waals surface area contributed by atoms with Gasteiger partial charge in [0.15, 0.2) is 0 Å². The van der Waals surface area contributed by atoms with Crippen LogP contribution in [-0.2, 0) is 139 Å². The van der Waals surface area contributed by atoms with Gasteiger partial charge in [0.25, 0.3) is 94.5 Å². The Bertz CT molecular complexity index is 3190. The van der Waals surface area contributed by atoms with Gasteiger partial charge in [-0.1, -0.05) is 25.0 Å². The molecule has 9 aliphatic rings. The fraction of sp³-hybridized carbons (Fsp3) is 0.375. The lowest BCUT2D eigenvalue weighted by atomic mass is 10.4. The Morgan fingerprint density at radius 3 is 0.790 bits per heavy atom. The van der Waals surface area contributed by atoms with Crippen molar-refractivity contribution in [2.24, 2.45) is 11.5 Å². The summed E-state index contributed by atoms with van der Waals surface area (Å²) in [6.45, 7) is 0.101. The predicted molar refractivity (Wildman–Crippen MR) is 313 cm³/mol. The number of aliphatic carboxylic acids is 3. The van der Waals surface area contributed by atoms with Crippen molar-refractivity contribution in [3.8, 4) is 0 Å². The topological polar surface area (TPSA) is 621 Å². The van der Waals surface area contributed by atoms with Crippen LogP contribution in [0.3, 0.4) is 0 Å². The Morgan fingerprint density at radius 1 is 0.360 bits per heavy atom. The van der Waals surface area contributed by atoms with E-state index in [-0.39, 0.29) is 141 Å². The first kappa shape index (κ1) is 87.0. The molecule has 4 fully saturated rings. The van der Waals surface area contributed by atoms with Gasteiger partial charge in [0.2, 0.25) is 0 Å². The van der Waals surface area contributed by atoms with Crippen molar-refractivity contribution in [1.29, 1.82) is 0 Å². The Balaban J connectivity index is 0.00000116. The maximum Gasteiger partial charge on any atom is 0.560 e. The minimum Gasteiger partial charge on any atom is -0.481 e. The zero-order valence-corrected chi connectivity index (χ0v) is 50.7. The Kier molecular flexibility index (Phi) is 37.5. The number of carbonyl (C=O) groups is 25. The first-order chi connectivity index (χ1) is 46.1. The number of rotatable bonds is 17. The fourth-order valence-electron chi connectivity index (χ4n) is 6.88. The van der Waals surface area contributed by atoms with E-state index in [9.17, 15) is 120 Å². The van der Waals surface area contributed by atoms with E-state index in [1.54, 1.807) is 0 Å². The standard InChI is InChI=1S/2C11H10N2O6.C9H8N2O7.C7H7NO4.C6H5NO4.C4H2O3.2C3H7NO2.2CH4/c2*14-7-1-2-8(15)12(7)6-5-11(18)19-13-9(16)3-4-10(13)17;12-5-1-2-6(13)10(5)17-9(16)18-11-7(14)3-4-8(11)15;9-5-1-2-6(10)8(5)4-3-7(11)12;1-11-6(10)7-4(8)2-3-5(7)9;5-3-1-2-4(6)7-3;2*4-2-1-3(5)6;;/h2*1-2H,3-6H2;1-4H2;1-2H,3-4H2,(H,11,12);2-3H,1H3;1-2H;2*1-2,4H2,(H,5,6);2*1H4. The average Bonchev–Trinajstić information content (AvgIpc) is 1.71. The van der Waals surface area contributed by atoms with E-state index >= 15 is 0 Å². The van der Waals surface area contributed by atoms with Crippen LogP contribution in [0.5, 0.6) is 0 Å². The van der Waals surface area contributed by atoms with Gasteiger partial charge in [0.05, 0.1) is 39.2 Å². The Hall–Kier alpha value is -13.0. The van der Waals surface area contributed by atoms with Crippen molar-refractivity contribution >= 4 is 149 Å². The SMILES string of the molecule is C.C.COC(=O)N1C(=O)C=CC1=O.NCCC(=O)O.NCCC(=O)O.O=C(CCN1C(=O)C=CC1=O)ON1C(=O)CCC1=O.O=C(CCN1C(=O)C=CC1=O)ON1C(=O)CCC1=O.O=C(O)CCN1C(=O)C=CC1=O.O=C(ON1C(=O)CCC1=O)ON1C(=O)CCC1=O.O=C1C=CC(=O)O1. The molecule has 4 saturated heterocycles. The molecule has 9 rings (SSSR count). The van der Waals surface area contributed by atoms with Crippen molar-refractivity contribution in [3.63, 3.8) is 0 Å². The number of hydrogen-bond acceptors (Lipinski definition) is 33. The summed E-state index contributed by atoms with van der Waals surface area (Å²) >= 11 is 0. The highest BCUT2D eigenvalue weighted by Gasteiger charge is 2.39. The molecule has 0 aromatic heterocycles. The number of methoxy groups -OCH3 is 1. The molecule has 0 radical (unpaired) electrons. The molecule has 0 bridgehead atoms. The number of nitrogens with zero attached hydrogens (tertiary/aromatic N) is 8. The molecule has 0 spiro atoms. The molecule has 9 aliphatic heterocycles. The summed E-state index contributed by atoms with van der Waals surface area (Å²) in [5.41, 5.74) is 9.70. The minimum atomic E-state index is -1.48. The molecule has 0 atom stereocenters. The third-order valence-corrected chi connectivity index (χ3v) is 11.5. The number of esters is 2. The van der Waals surface area contributed by atoms with E-state index < -0.39 is 149 Å². The van der Waals surface area contributed by atoms with Gasteiger partial charge in [-0.15, -0.1) is 10.1 Å². The second-order valence-electron chi connectivity index (χ2n) is 18.6. The predicted octanol–water partition coefficient (Wildman–Crippen LogP) is -4.11. The number of carboxylic acids is 3. The van der Waals surface area contributed by atoms with Gasteiger partial charge < -0.3 is 45.9 Å². The third kappa shape index (κ3) is 29.3. The summed E-state index contributed by atoms with van der Waals surface area (Å²) < 4.78 is 8.15. The molecule has 44 heteroatoms. The summed E-state index contributed by atoms with van der Waals surface area (Å²) in [6.07, 6.45) is 7.58. The quantitative estimate of drug-likeness (QED) is 0.0525. The van der Waals surface area contributed by atoms with E-state index in [2.05, 4.69) is 28.8 Å². The lowest BCUT2D eigenvalue weighted by Crippen LogP contribution is -2.37. The third-order valence-electron chi connectivity index (χ3n) is 11.5.